The second-order valence-electron chi connectivity index (χ2n) is 4.73. The molecule has 2 aliphatic rings. The lowest BCUT2D eigenvalue weighted by atomic mass is 10.1. The van der Waals surface area contributed by atoms with Crippen molar-refractivity contribution < 1.29 is 0 Å². The van der Waals surface area contributed by atoms with Crippen molar-refractivity contribution in [2.75, 3.05) is 39.8 Å². The van der Waals surface area contributed by atoms with E-state index in [0.29, 0.717) is 0 Å². The van der Waals surface area contributed by atoms with Crippen LogP contribution in [0.2, 0.25) is 0 Å². The largest absolute Gasteiger partial charge is 0.314 e. The van der Waals surface area contributed by atoms with Gasteiger partial charge < -0.3 is 10.2 Å². The number of nitrogens with one attached hydrogen (secondary N) is 1. The molecule has 1 unspecified atom stereocenters. The lowest BCUT2D eigenvalue weighted by Gasteiger charge is -2.42. The topological polar surface area (TPSA) is 18.5 Å². The number of hydrogen-bond donors (Lipinski definition) is 1. The summed E-state index contributed by atoms with van der Waals surface area (Å²) in [6.07, 6.45) is 2.63. The van der Waals surface area contributed by atoms with Crippen molar-refractivity contribution >= 4 is 0 Å². The molecule has 0 aromatic carbocycles. The minimum atomic E-state index is 0.787. The van der Waals surface area contributed by atoms with E-state index in [4.69, 9.17) is 0 Å². The first kappa shape index (κ1) is 10.4. The maximum absolute atomic E-state index is 3.38. The third-order valence-electron chi connectivity index (χ3n) is 3.65. The molecule has 82 valence electrons. The van der Waals surface area contributed by atoms with Gasteiger partial charge in [0.15, 0.2) is 0 Å². The Morgan fingerprint density at radius 3 is 2.64 bits per heavy atom. The van der Waals surface area contributed by atoms with Gasteiger partial charge in [-0.3, -0.25) is 4.90 Å². The van der Waals surface area contributed by atoms with E-state index in [1.807, 2.05) is 0 Å². The summed E-state index contributed by atoms with van der Waals surface area (Å²) in [7, 11) is 2.26. The van der Waals surface area contributed by atoms with Gasteiger partial charge in [-0.15, -0.1) is 0 Å². The molecule has 3 nitrogen and oxygen atoms in total. The van der Waals surface area contributed by atoms with Crippen molar-refractivity contribution in [2.45, 2.75) is 31.8 Å². The molecule has 0 bridgehead atoms. The molecule has 0 aromatic heterocycles. The smallest absolute Gasteiger partial charge is 0.0348 e. The van der Waals surface area contributed by atoms with E-state index in [2.05, 4.69) is 29.1 Å². The fourth-order valence-electron chi connectivity index (χ4n) is 2.61. The molecule has 1 atom stereocenters. The lowest BCUT2D eigenvalue weighted by molar-refractivity contribution is 0.0928. The van der Waals surface area contributed by atoms with Crippen LogP contribution in [0, 0.1) is 0 Å². The van der Waals surface area contributed by atoms with Gasteiger partial charge in [0.05, 0.1) is 0 Å². The zero-order chi connectivity index (χ0) is 9.97. The first-order valence-electron chi connectivity index (χ1n) is 5.96. The third kappa shape index (κ3) is 2.10. The van der Waals surface area contributed by atoms with Gasteiger partial charge in [0.1, 0.15) is 0 Å². The maximum atomic E-state index is 3.38. The van der Waals surface area contributed by atoms with Gasteiger partial charge in [-0.1, -0.05) is 6.92 Å². The highest BCUT2D eigenvalue weighted by Crippen LogP contribution is 2.17. The number of nitrogens with zero attached hydrogens (tertiary/aromatic N) is 2. The standard InChI is InChI=1S/C11H23N3/c1-3-10-9-13(2)5-4-6-14(10)11-7-12-8-11/h10-12H,3-9H2,1-2H3. The quantitative estimate of drug-likeness (QED) is 0.690. The maximum Gasteiger partial charge on any atom is 0.0348 e. The van der Waals surface area contributed by atoms with Crippen molar-refractivity contribution in [3.63, 3.8) is 0 Å². The van der Waals surface area contributed by atoms with Crippen LogP contribution in [-0.2, 0) is 0 Å². The predicted octanol–water partition coefficient (Wildman–Crippen LogP) is 0.374. The van der Waals surface area contributed by atoms with Gasteiger partial charge in [0.25, 0.3) is 0 Å². The van der Waals surface area contributed by atoms with Crippen molar-refractivity contribution in [1.82, 2.24) is 15.1 Å². The summed E-state index contributed by atoms with van der Waals surface area (Å²) in [6.45, 7) is 8.57. The Balaban J connectivity index is 1.96. The van der Waals surface area contributed by atoms with Crippen LogP contribution in [0.15, 0.2) is 0 Å². The minimum Gasteiger partial charge on any atom is -0.314 e. The van der Waals surface area contributed by atoms with Crippen LogP contribution >= 0.6 is 0 Å². The van der Waals surface area contributed by atoms with Gasteiger partial charge in [0, 0.05) is 38.3 Å². The zero-order valence-electron chi connectivity index (χ0n) is 9.50. The third-order valence-corrected chi connectivity index (χ3v) is 3.65. The van der Waals surface area contributed by atoms with Crippen molar-refractivity contribution in [1.29, 1.82) is 0 Å². The van der Waals surface area contributed by atoms with E-state index in [1.54, 1.807) is 0 Å². The Bertz CT molecular complexity index is 179. The second kappa shape index (κ2) is 4.60. The minimum absolute atomic E-state index is 0.787. The van der Waals surface area contributed by atoms with E-state index in [0.717, 1.165) is 12.1 Å². The Kier molecular flexibility index (Phi) is 3.42. The van der Waals surface area contributed by atoms with Gasteiger partial charge in [0.2, 0.25) is 0 Å². The highest BCUT2D eigenvalue weighted by Gasteiger charge is 2.31. The molecule has 2 saturated heterocycles. The van der Waals surface area contributed by atoms with E-state index in [-0.39, 0.29) is 0 Å². The molecule has 3 heteroatoms. The van der Waals surface area contributed by atoms with Crippen LogP contribution < -0.4 is 5.32 Å². The Hall–Kier alpha value is -0.120. The molecule has 0 radical (unpaired) electrons. The number of likely N-dealkylation sites (N-methyl/N-ethyl adjacent to an activating group) is 1. The summed E-state index contributed by atoms with van der Waals surface area (Å²) in [5.74, 6) is 0. The molecule has 1 N–H and O–H groups in total. The Morgan fingerprint density at radius 2 is 2.07 bits per heavy atom. The van der Waals surface area contributed by atoms with Crippen LogP contribution in [0.1, 0.15) is 19.8 Å². The molecule has 2 fully saturated rings. The second-order valence-corrected chi connectivity index (χ2v) is 4.73. The summed E-state index contributed by atoms with van der Waals surface area (Å²) in [5, 5.41) is 3.38. The van der Waals surface area contributed by atoms with Crippen molar-refractivity contribution in [3.05, 3.63) is 0 Å². The average molecular weight is 197 g/mol. The van der Waals surface area contributed by atoms with Crippen molar-refractivity contribution in [2.24, 2.45) is 0 Å². The van der Waals surface area contributed by atoms with E-state index < -0.39 is 0 Å². The van der Waals surface area contributed by atoms with E-state index >= 15 is 0 Å². The Morgan fingerprint density at radius 1 is 1.29 bits per heavy atom. The summed E-state index contributed by atoms with van der Waals surface area (Å²) in [4.78, 5) is 5.22. The molecule has 0 spiro atoms. The molecule has 0 amide bonds. The van der Waals surface area contributed by atoms with Crippen LogP contribution in [0.4, 0.5) is 0 Å². The SMILES string of the molecule is CCC1CN(C)CCCN1C1CNC1. The number of rotatable bonds is 2. The monoisotopic (exact) mass is 197 g/mol. The normalized spacial score (nSPS) is 32.6. The molecular formula is C11H23N3. The fraction of sp³-hybridized carbons (Fsp3) is 1.00. The van der Waals surface area contributed by atoms with Crippen LogP contribution in [0.25, 0.3) is 0 Å². The highest BCUT2D eigenvalue weighted by molar-refractivity contribution is 4.90. The summed E-state index contributed by atoms with van der Waals surface area (Å²) in [6, 6.07) is 1.61. The molecule has 2 heterocycles. The molecule has 0 aliphatic carbocycles. The van der Waals surface area contributed by atoms with Crippen LogP contribution in [0.3, 0.4) is 0 Å². The van der Waals surface area contributed by atoms with Crippen molar-refractivity contribution in [3.8, 4) is 0 Å². The summed E-state index contributed by atoms with van der Waals surface area (Å²) >= 11 is 0. The summed E-state index contributed by atoms with van der Waals surface area (Å²) < 4.78 is 0. The van der Waals surface area contributed by atoms with Crippen LogP contribution in [-0.4, -0.2) is 61.7 Å². The molecule has 14 heavy (non-hydrogen) atoms. The van der Waals surface area contributed by atoms with Crippen LogP contribution in [0.5, 0.6) is 0 Å². The highest BCUT2D eigenvalue weighted by atomic mass is 15.3. The fourth-order valence-corrected chi connectivity index (χ4v) is 2.61. The summed E-state index contributed by atoms with van der Waals surface area (Å²) in [5.41, 5.74) is 0. The zero-order valence-corrected chi connectivity index (χ0v) is 9.50. The molecule has 2 aliphatic heterocycles. The molecule has 2 rings (SSSR count). The molecule has 0 aromatic rings. The number of hydrogen-bond acceptors (Lipinski definition) is 3. The lowest BCUT2D eigenvalue weighted by Crippen LogP contribution is -2.60. The van der Waals surface area contributed by atoms with Gasteiger partial charge in [-0.2, -0.15) is 0 Å². The average Bonchev–Trinajstić information content (AvgIpc) is 2.25. The molecular weight excluding hydrogens is 174 g/mol. The Labute approximate surface area is 87.4 Å². The molecule has 0 saturated carbocycles. The first-order valence-corrected chi connectivity index (χ1v) is 5.96. The van der Waals surface area contributed by atoms with Gasteiger partial charge >= 0.3 is 0 Å². The van der Waals surface area contributed by atoms with Gasteiger partial charge in [-0.25, -0.2) is 0 Å². The van der Waals surface area contributed by atoms with E-state index in [9.17, 15) is 0 Å². The van der Waals surface area contributed by atoms with Gasteiger partial charge in [-0.05, 0) is 26.4 Å². The van der Waals surface area contributed by atoms with E-state index in [1.165, 1.54) is 45.6 Å². The first-order chi connectivity index (χ1) is 6.81. The predicted molar refractivity (Wildman–Crippen MR) is 59.6 cm³/mol.